The number of hydrogen-bond donors (Lipinski definition) is 2. The largest absolute Gasteiger partial charge is 0.348 e. The molecule has 7 nitrogen and oxygen atoms in total. The van der Waals surface area contributed by atoms with E-state index in [0.717, 1.165) is 6.42 Å². The molecule has 1 heterocycles. The number of hydrogen-bond acceptors (Lipinski definition) is 5. The number of carbonyl (C=O) groups excluding carboxylic acids is 1. The number of aromatic amines is 1. The molecule has 1 unspecified atom stereocenters. The van der Waals surface area contributed by atoms with Crippen LogP contribution in [0.5, 0.6) is 0 Å². The summed E-state index contributed by atoms with van der Waals surface area (Å²) in [7, 11) is 0. The number of amides is 1. The first-order valence-corrected chi connectivity index (χ1v) is 4.67. The van der Waals surface area contributed by atoms with Crippen molar-refractivity contribution in [3.05, 3.63) is 5.82 Å². The van der Waals surface area contributed by atoms with Crippen molar-refractivity contribution in [3.63, 3.8) is 0 Å². The smallest absolute Gasteiger partial charge is 0.237 e. The van der Waals surface area contributed by atoms with Crippen LogP contribution < -0.4 is 5.32 Å². The molecule has 1 aromatic heterocycles. The van der Waals surface area contributed by atoms with Gasteiger partial charge in [0.05, 0.1) is 12.6 Å². The van der Waals surface area contributed by atoms with Crippen LogP contribution >= 0.6 is 0 Å². The van der Waals surface area contributed by atoms with Crippen molar-refractivity contribution in [2.45, 2.75) is 26.3 Å². The van der Waals surface area contributed by atoms with Crippen LogP contribution in [0.15, 0.2) is 0 Å². The van der Waals surface area contributed by atoms with Gasteiger partial charge in [-0.2, -0.15) is 10.5 Å². The summed E-state index contributed by atoms with van der Waals surface area (Å²) in [5.41, 5.74) is 0. The fourth-order valence-electron chi connectivity index (χ4n) is 1.09. The lowest BCUT2D eigenvalue weighted by molar-refractivity contribution is -0.123. The van der Waals surface area contributed by atoms with Crippen molar-refractivity contribution in [1.82, 2.24) is 25.9 Å². The van der Waals surface area contributed by atoms with Crippen molar-refractivity contribution in [2.75, 3.05) is 0 Å². The highest BCUT2D eigenvalue weighted by Crippen LogP contribution is 2.04. The van der Waals surface area contributed by atoms with Crippen LogP contribution in [0.4, 0.5) is 0 Å². The second-order valence-corrected chi connectivity index (χ2v) is 3.02. The molecule has 1 amide bonds. The summed E-state index contributed by atoms with van der Waals surface area (Å²) in [6, 6.07) is 1.96. The highest BCUT2D eigenvalue weighted by Gasteiger charge is 2.16. The lowest BCUT2D eigenvalue weighted by Crippen LogP contribution is -2.29. The predicted octanol–water partition coefficient (Wildman–Crippen LogP) is -0.244. The Hall–Kier alpha value is -1.97. The fraction of sp³-hybridized carbons (Fsp3) is 0.625. The summed E-state index contributed by atoms with van der Waals surface area (Å²) in [5, 5.41) is 24.3. The maximum absolute atomic E-state index is 11.4. The van der Waals surface area contributed by atoms with Crippen LogP contribution in [0.2, 0.25) is 0 Å². The molecule has 15 heavy (non-hydrogen) atoms. The maximum atomic E-state index is 11.4. The molecule has 0 aliphatic heterocycles. The standard InChI is InChI=1S/C8H12N6O/c1-2-3-6(4-9)8(15)10-5-7-11-13-14-12-7/h6H,2-3,5H2,1H3,(H,10,15)(H,11,12,13,14). The zero-order valence-electron chi connectivity index (χ0n) is 8.40. The molecule has 0 saturated carbocycles. The number of rotatable bonds is 5. The Kier molecular flexibility index (Phi) is 4.22. The Bertz CT molecular complexity index is 341. The number of H-pyrrole nitrogens is 1. The van der Waals surface area contributed by atoms with Crippen molar-refractivity contribution in [3.8, 4) is 6.07 Å². The van der Waals surface area contributed by atoms with Gasteiger partial charge in [-0.1, -0.05) is 18.6 Å². The summed E-state index contributed by atoms with van der Waals surface area (Å²) in [6.07, 6.45) is 1.36. The third-order valence-corrected chi connectivity index (χ3v) is 1.86. The normalized spacial score (nSPS) is 11.7. The molecule has 0 aliphatic rings. The van der Waals surface area contributed by atoms with Gasteiger partial charge in [-0.15, -0.1) is 10.2 Å². The lowest BCUT2D eigenvalue weighted by Gasteiger charge is -2.06. The quantitative estimate of drug-likeness (QED) is 0.694. The van der Waals surface area contributed by atoms with E-state index in [1.54, 1.807) is 0 Å². The highest BCUT2D eigenvalue weighted by molar-refractivity contribution is 5.80. The average Bonchev–Trinajstić information content (AvgIpc) is 2.75. The maximum Gasteiger partial charge on any atom is 0.237 e. The molecule has 1 aromatic rings. The molecule has 0 spiro atoms. The van der Waals surface area contributed by atoms with Gasteiger partial charge in [-0.3, -0.25) is 4.79 Å². The Morgan fingerprint density at radius 3 is 3.07 bits per heavy atom. The number of nitrogens with zero attached hydrogens (tertiary/aromatic N) is 4. The average molecular weight is 208 g/mol. The Labute approximate surface area is 86.9 Å². The third kappa shape index (κ3) is 3.34. The van der Waals surface area contributed by atoms with Crippen LogP contribution in [0.1, 0.15) is 25.6 Å². The van der Waals surface area contributed by atoms with Crippen molar-refractivity contribution < 1.29 is 4.79 Å². The molecule has 0 aliphatic carbocycles. The molecular weight excluding hydrogens is 196 g/mol. The van der Waals surface area contributed by atoms with E-state index in [0.29, 0.717) is 12.2 Å². The first-order valence-electron chi connectivity index (χ1n) is 4.67. The highest BCUT2D eigenvalue weighted by atomic mass is 16.1. The molecule has 2 N–H and O–H groups in total. The number of nitriles is 1. The Balaban J connectivity index is 2.38. The van der Waals surface area contributed by atoms with E-state index in [9.17, 15) is 4.79 Å². The van der Waals surface area contributed by atoms with E-state index in [-0.39, 0.29) is 12.5 Å². The Morgan fingerprint density at radius 2 is 2.53 bits per heavy atom. The van der Waals surface area contributed by atoms with Gasteiger partial charge < -0.3 is 5.32 Å². The SMILES string of the molecule is CCCC(C#N)C(=O)NCc1nn[nH]n1. The van der Waals surface area contributed by atoms with Gasteiger partial charge in [0, 0.05) is 0 Å². The first kappa shape index (κ1) is 11.1. The second kappa shape index (κ2) is 5.70. The first-order chi connectivity index (χ1) is 7.27. The van der Waals surface area contributed by atoms with E-state index >= 15 is 0 Å². The van der Waals surface area contributed by atoms with Gasteiger partial charge in [-0.25, -0.2) is 0 Å². The summed E-state index contributed by atoms with van der Waals surface area (Å²) < 4.78 is 0. The molecule has 0 fully saturated rings. The van der Waals surface area contributed by atoms with Gasteiger partial charge in [0.2, 0.25) is 5.91 Å². The molecule has 1 atom stereocenters. The van der Waals surface area contributed by atoms with Crippen molar-refractivity contribution >= 4 is 5.91 Å². The van der Waals surface area contributed by atoms with Gasteiger partial charge in [0.25, 0.3) is 0 Å². The Morgan fingerprint density at radius 1 is 1.73 bits per heavy atom. The van der Waals surface area contributed by atoms with Gasteiger partial charge in [-0.05, 0) is 6.42 Å². The lowest BCUT2D eigenvalue weighted by atomic mass is 10.1. The third-order valence-electron chi connectivity index (χ3n) is 1.86. The minimum atomic E-state index is -0.595. The number of aromatic nitrogens is 4. The van der Waals surface area contributed by atoms with Crippen LogP contribution in [-0.2, 0) is 11.3 Å². The number of nitrogens with one attached hydrogen (secondary N) is 2. The van der Waals surface area contributed by atoms with E-state index in [4.69, 9.17) is 5.26 Å². The molecule has 0 aromatic carbocycles. The van der Waals surface area contributed by atoms with Crippen LogP contribution in [0.3, 0.4) is 0 Å². The second-order valence-electron chi connectivity index (χ2n) is 3.02. The van der Waals surface area contributed by atoms with Crippen molar-refractivity contribution in [2.24, 2.45) is 5.92 Å². The molecule has 0 saturated heterocycles. The molecule has 80 valence electrons. The molecular formula is C8H12N6O. The number of tetrazole rings is 1. The van der Waals surface area contributed by atoms with Crippen LogP contribution in [0, 0.1) is 17.2 Å². The summed E-state index contributed by atoms with van der Waals surface area (Å²) >= 11 is 0. The topological polar surface area (TPSA) is 107 Å². The van der Waals surface area contributed by atoms with Gasteiger partial charge >= 0.3 is 0 Å². The van der Waals surface area contributed by atoms with Gasteiger partial charge in [0.15, 0.2) is 5.82 Å². The molecule has 0 radical (unpaired) electrons. The molecule has 1 rings (SSSR count). The summed E-state index contributed by atoms with van der Waals surface area (Å²) in [6.45, 7) is 2.12. The van der Waals surface area contributed by atoms with E-state index < -0.39 is 5.92 Å². The van der Waals surface area contributed by atoms with Crippen LogP contribution in [0.25, 0.3) is 0 Å². The van der Waals surface area contributed by atoms with E-state index in [1.165, 1.54) is 0 Å². The minimum absolute atomic E-state index is 0.192. The molecule has 7 heteroatoms. The number of carbonyl (C=O) groups is 1. The summed E-state index contributed by atoms with van der Waals surface area (Å²) in [4.78, 5) is 11.4. The van der Waals surface area contributed by atoms with Gasteiger partial charge in [0.1, 0.15) is 5.92 Å². The zero-order chi connectivity index (χ0) is 11.1. The predicted molar refractivity (Wildman–Crippen MR) is 50.0 cm³/mol. The molecule has 0 bridgehead atoms. The van der Waals surface area contributed by atoms with Crippen molar-refractivity contribution in [1.29, 1.82) is 5.26 Å². The minimum Gasteiger partial charge on any atom is -0.348 e. The summed E-state index contributed by atoms with van der Waals surface area (Å²) in [5.74, 6) is -0.484. The fourth-order valence-corrected chi connectivity index (χ4v) is 1.09. The van der Waals surface area contributed by atoms with Crippen LogP contribution in [-0.4, -0.2) is 26.5 Å². The zero-order valence-corrected chi connectivity index (χ0v) is 8.40. The van der Waals surface area contributed by atoms with E-state index in [1.807, 2.05) is 13.0 Å². The van der Waals surface area contributed by atoms with E-state index in [2.05, 4.69) is 25.9 Å². The monoisotopic (exact) mass is 208 g/mol.